The molecule has 0 aliphatic carbocycles. The summed E-state index contributed by atoms with van der Waals surface area (Å²) in [4.78, 5) is 28.6. The lowest BCUT2D eigenvalue weighted by Gasteiger charge is -2.32. The Balaban J connectivity index is 2.04. The highest BCUT2D eigenvalue weighted by molar-refractivity contribution is 6.06. The quantitative estimate of drug-likeness (QED) is 0.824. The zero-order chi connectivity index (χ0) is 14.1. The lowest BCUT2D eigenvalue weighted by molar-refractivity contribution is 0.0969. The van der Waals surface area contributed by atoms with E-state index in [2.05, 4.69) is 4.98 Å². The van der Waals surface area contributed by atoms with Crippen molar-refractivity contribution in [1.82, 2.24) is 4.98 Å². The Labute approximate surface area is 115 Å². The van der Waals surface area contributed by atoms with E-state index in [0.29, 0.717) is 18.7 Å². The number of aliphatic hydroxyl groups is 1. The number of nitrogens with zero attached hydrogens (tertiary/aromatic N) is 1. The van der Waals surface area contributed by atoms with Crippen LogP contribution in [0.3, 0.4) is 0 Å². The number of hydrogen-bond acceptors (Lipinski definition) is 3. The van der Waals surface area contributed by atoms with E-state index in [1.807, 2.05) is 12.1 Å². The normalized spacial score (nSPS) is 17.6. The number of fused-ring (bicyclic) bond motifs is 1. The van der Waals surface area contributed by atoms with E-state index in [9.17, 15) is 14.7 Å². The molecule has 0 bridgehead atoms. The Morgan fingerprint density at radius 3 is 2.90 bits per heavy atom. The van der Waals surface area contributed by atoms with Gasteiger partial charge in [0.1, 0.15) is 5.56 Å². The fourth-order valence-electron chi connectivity index (χ4n) is 2.48. The fraction of sp³-hybridized carbons (Fsp3) is 0.200. The number of anilines is 1. The van der Waals surface area contributed by atoms with Crippen molar-refractivity contribution >= 4 is 11.6 Å². The topological polar surface area (TPSA) is 73.4 Å². The first-order valence-corrected chi connectivity index (χ1v) is 6.44. The molecule has 1 aromatic carbocycles. The van der Waals surface area contributed by atoms with Crippen molar-refractivity contribution in [2.24, 2.45) is 0 Å². The van der Waals surface area contributed by atoms with E-state index in [1.165, 1.54) is 18.5 Å². The van der Waals surface area contributed by atoms with Gasteiger partial charge in [-0.2, -0.15) is 0 Å². The Bertz CT molecular complexity index is 708. The number of H-pyrrole nitrogens is 1. The third kappa shape index (κ3) is 2.02. The van der Waals surface area contributed by atoms with Crippen molar-refractivity contribution in [3.8, 4) is 0 Å². The van der Waals surface area contributed by atoms with Crippen LogP contribution in [0.2, 0.25) is 0 Å². The van der Waals surface area contributed by atoms with Crippen molar-refractivity contribution in [2.45, 2.75) is 12.5 Å². The number of aromatic amines is 1. The molecule has 1 aliphatic heterocycles. The summed E-state index contributed by atoms with van der Waals surface area (Å²) < 4.78 is 0. The Morgan fingerprint density at radius 1 is 1.30 bits per heavy atom. The van der Waals surface area contributed by atoms with E-state index in [0.717, 1.165) is 5.56 Å². The predicted octanol–water partition coefficient (Wildman–Crippen LogP) is 1.46. The van der Waals surface area contributed by atoms with E-state index in [4.69, 9.17) is 0 Å². The number of benzene rings is 1. The van der Waals surface area contributed by atoms with Gasteiger partial charge in [-0.3, -0.25) is 9.59 Å². The molecule has 20 heavy (non-hydrogen) atoms. The van der Waals surface area contributed by atoms with Crippen LogP contribution in [-0.2, 0) is 0 Å². The summed E-state index contributed by atoms with van der Waals surface area (Å²) in [5, 5.41) is 9.98. The average Bonchev–Trinajstić information content (AvgIpc) is 2.48. The Kier molecular flexibility index (Phi) is 3.12. The van der Waals surface area contributed by atoms with Crippen LogP contribution in [0, 0.1) is 0 Å². The Morgan fingerprint density at radius 2 is 2.10 bits per heavy atom. The number of rotatable bonds is 1. The third-order valence-corrected chi connectivity index (χ3v) is 3.51. The number of amides is 1. The lowest BCUT2D eigenvalue weighted by atomic mass is 9.98. The highest BCUT2D eigenvalue weighted by Crippen LogP contribution is 2.33. The molecule has 2 heterocycles. The lowest BCUT2D eigenvalue weighted by Crippen LogP contribution is -2.38. The maximum atomic E-state index is 12.5. The number of nitrogens with one attached hydrogen (secondary N) is 1. The molecule has 102 valence electrons. The Hall–Kier alpha value is -2.40. The monoisotopic (exact) mass is 270 g/mol. The van der Waals surface area contributed by atoms with Gasteiger partial charge in [-0.25, -0.2) is 0 Å². The summed E-state index contributed by atoms with van der Waals surface area (Å²) in [6, 6.07) is 8.55. The van der Waals surface area contributed by atoms with Crippen molar-refractivity contribution in [3.05, 3.63) is 64.1 Å². The van der Waals surface area contributed by atoms with Gasteiger partial charge >= 0.3 is 0 Å². The average molecular weight is 270 g/mol. The molecule has 5 heteroatoms. The van der Waals surface area contributed by atoms with E-state index in [1.54, 1.807) is 17.0 Å². The number of carbonyl (C=O) groups is 1. The van der Waals surface area contributed by atoms with Crippen LogP contribution in [0.25, 0.3) is 0 Å². The summed E-state index contributed by atoms with van der Waals surface area (Å²) in [5.41, 5.74) is 1.19. The molecule has 0 saturated heterocycles. The van der Waals surface area contributed by atoms with Crippen LogP contribution in [0.15, 0.2) is 47.5 Å². The molecule has 1 unspecified atom stereocenters. The second-order valence-electron chi connectivity index (χ2n) is 4.74. The number of hydrogen-bond donors (Lipinski definition) is 2. The van der Waals surface area contributed by atoms with Crippen LogP contribution >= 0.6 is 0 Å². The SMILES string of the molecule is O=C(c1c[nH]ccc1=O)N1CCC(O)c2ccccc21. The van der Waals surface area contributed by atoms with Gasteiger partial charge in [0.15, 0.2) is 5.43 Å². The molecule has 1 amide bonds. The maximum absolute atomic E-state index is 12.5. The van der Waals surface area contributed by atoms with E-state index < -0.39 is 6.10 Å². The van der Waals surface area contributed by atoms with Crippen LogP contribution in [0.1, 0.15) is 28.4 Å². The minimum Gasteiger partial charge on any atom is -0.388 e. The van der Waals surface area contributed by atoms with Gasteiger partial charge in [0.25, 0.3) is 5.91 Å². The number of aliphatic hydroxyl groups excluding tert-OH is 1. The highest BCUT2D eigenvalue weighted by Gasteiger charge is 2.28. The summed E-state index contributed by atoms with van der Waals surface area (Å²) in [5.74, 6) is -0.341. The molecule has 2 N–H and O–H groups in total. The summed E-state index contributed by atoms with van der Waals surface area (Å²) >= 11 is 0. The highest BCUT2D eigenvalue weighted by atomic mass is 16.3. The number of para-hydroxylation sites is 1. The number of aromatic nitrogens is 1. The third-order valence-electron chi connectivity index (χ3n) is 3.51. The summed E-state index contributed by atoms with van der Waals surface area (Å²) in [6.45, 7) is 0.394. The van der Waals surface area contributed by atoms with Crippen LogP contribution < -0.4 is 10.3 Å². The molecule has 0 fully saturated rings. The second kappa shape index (κ2) is 4.94. The van der Waals surface area contributed by atoms with Crippen molar-refractivity contribution in [1.29, 1.82) is 0 Å². The van der Waals surface area contributed by atoms with Crippen LogP contribution in [0.4, 0.5) is 5.69 Å². The van der Waals surface area contributed by atoms with Gasteiger partial charge in [-0.15, -0.1) is 0 Å². The minimum atomic E-state index is -0.565. The van der Waals surface area contributed by atoms with Gasteiger partial charge in [-0.05, 0) is 12.5 Å². The molecule has 5 nitrogen and oxygen atoms in total. The van der Waals surface area contributed by atoms with Crippen molar-refractivity contribution in [3.63, 3.8) is 0 Å². The summed E-state index contributed by atoms with van der Waals surface area (Å²) in [7, 11) is 0. The van der Waals surface area contributed by atoms with Gasteiger partial charge in [0, 0.05) is 36.3 Å². The molecule has 3 rings (SSSR count). The van der Waals surface area contributed by atoms with Gasteiger partial charge in [0.2, 0.25) is 0 Å². The van der Waals surface area contributed by atoms with Gasteiger partial charge in [0.05, 0.1) is 6.10 Å². The van der Waals surface area contributed by atoms with E-state index in [-0.39, 0.29) is 16.9 Å². The molecule has 0 spiro atoms. The molecular weight excluding hydrogens is 256 g/mol. The first-order valence-electron chi connectivity index (χ1n) is 6.44. The van der Waals surface area contributed by atoms with Gasteiger partial charge < -0.3 is 15.0 Å². The first-order chi connectivity index (χ1) is 9.68. The predicted molar refractivity (Wildman–Crippen MR) is 74.8 cm³/mol. The zero-order valence-corrected chi connectivity index (χ0v) is 10.7. The largest absolute Gasteiger partial charge is 0.388 e. The van der Waals surface area contributed by atoms with Crippen molar-refractivity contribution in [2.75, 3.05) is 11.4 Å². The standard InChI is InChI=1S/C15H14N2O3/c18-13-5-7-16-9-11(13)15(20)17-8-6-14(19)10-3-1-2-4-12(10)17/h1-5,7,9,14,19H,6,8H2,(H,16,18). The number of pyridine rings is 1. The smallest absolute Gasteiger partial charge is 0.263 e. The van der Waals surface area contributed by atoms with Gasteiger partial charge in [-0.1, -0.05) is 18.2 Å². The fourth-order valence-corrected chi connectivity index (χ4v) is 2.48. The molecule has 1 aliphatic rings. The zero-order valence-electron chi connectivity index (χ0n) is 10.7. The number of carbonyl (C=O) groups excluding carboxylic acids is 1. The molecule has 1 aromatic heterocycles. The second-order valence-corrected chi connectivity index (χ2v) is 4.74. The maximum Gasteiger partial charge on any atom is 0.263 e. The van der Waals surface area contributed by atoms with E-state index >= 15 is 0 Å². The molecule has 0 radical (unpaired) electrons. The summed E-state index contributed by atoms with van der Waals surface area (Å²) in [6.07, 6.45) is 2.81. The first kappa shape index (κ1) is 12.6. The molecule has 2 aromatic rings. The van der Waals surface area contributed by atoms with Crippen molar-refractivity contribution < 1.29 is 9.90 Å². The van der Waals surface area contributed by atoms with Crippen LogP contribution in [-0.4, -0.2) is 22.5 Å². The molecular formula is C15H14N2O3. The molecule has 1 atom stereocenters. The minimum absolute atomic E-state index is 0.110. The molecule has 0 saturated carbocycles. The van der Waals surface area contributed by atoms with Crippen LogP contribution in [0.5, 0.6) is 0 Å².